The number of nitrogens with zero attached hydrogens (tertiary/aromatic N) is 5. The molecule has 23 heavy (non-hydrogen) atoms. The van der Waals surface area contributed by atoms with Crippen molar-refractivity contribution in [3.05, 3.63) is 47.4 Å². The van der Waals surface area contributed by atoms with E-state index in [-0.39, 0.29) is 11.8 Å². The maximum Gasteiger partial charge on any atom is 0.272 e. The molecule has 1 amide bonds. The summed E-state index contributed by atoms with van der Waals surface area (Å²) in [7, 11) is 1.76. The Bertz CT molecular complexity index is 830. The number of fused-ring (bicyclic) bond motifs is 1. The highest BCUT2D eigenvalue weighted by molar-refractivity contribution is 5.95. The number of likely N-dealkylation sites (N-methyl/N-ethyl adjacent to an activating group) is 1. The quantitative estimate of drug-likeness (QED) is 0.795. The van der Waals surface area contributed by atoms with Crippen molar-refractivity contribution >= 4 is 16.8 Å². The molecule has 0 saturated heterocycles. The van der Waals surface area contributed by atoms with Crippen molar-refractivity contribution in [2.24, 2.45) is 0 Å². The summed E-state index contributed by atoms with van der Waals surface area (Å²) in [5.74, 6) is 0.464. The highest BCUT2D eigenvalue weighted by Crippen LogP contribution is 2.19. The molecule has 0 aliphatic carbocycles. The second-order valence-corrected chi connectivity index (χ2v) is 5.70. The number of aromatic amines is 1. The van der Waals surface area contributed by atoms with Crippen LogP contribution < -0.4 is 0 Å². The van der Waals surface area contributed by atoms with Crippen LogP contribution in [0.1, 0.15) is 34.7 Å². The summed E-state index contributed by atoms with van der Waals surface area (Å²) in [4.78, 5) is 18.8. The van der Waals surface area contributed by atoms with Gasteiger partial charge in [-0.15, -0.1) is 10.2 Å². The lowest BCUT2D eigenvalue weighted by Gasteiger charge is -2.20. The van der Waals surface area contributed by atoms with E-state index in [9.17, 15) is 4.79 Å². The number of hydrogen-bond acceptors (Lipinski definition) is 5. The summed E-state index contributed by atoms with van der Waals surface area (Å²) in [6.45, 7) is 4.43. The molecule has 2 aromatic heterocycles. The summed E-state index contributed by atoms with van der Waals surface area (Å²) in [6, 6.07) is 9.65. The average Bonchev–Trinajstić information content (AvgIpc) is 3.08. The number of H-pyrrole nitrogens is 1. The Hall–Kier alpha value is -2.83. The second-order valence-electron chi connectivity index (χ2n) is 5.70. The van der Waals surface area contributed by atoms with E-state index in [1.807, 2.05) is 44.2 Å². The number of hydrogen-bond donors (Lipinski definition) is 1. The van der Waals surface area contributed by atoms with E-state index >= 15 is 0 Å². The minimum absolute atomic E-state index is 0.00995. The number of tetrazole rings is 1. The average molecular weight is 310 g/mol. The van der Waals surface area contributed by atoms with E-state index in [2.05, 4.69) is 25.6 Å². The van der Waals surface area contributed by atoms with Gasteiger partial charge < -0.3 is 4.90 Å². The first kappa shape index (κ1) is 15.1. The third-order valence-electron chi connectivity index (χ3n) is 3.84. The zero-order valence-electron chi connectivity index (χ0n) is 13.3. The van der Waals surface area contributed by atoms with Crippen LogP contribution in [0, 0.1) is 6.92 Å². The number of pyridine rings is 1. The molecule has 118 valence electrons. The van der Waals surface area contributed by atoms with Crippen LogP contribution in [0.25, 0.3) is 10.9 Å². The zero-order valence-corrected chi connectivity index (χ0v) is 13.3. The SMILES string of the molecule is Cc1cc(C(=O)N(C)C[C@@H](C)c2nn[nH]n2)nc2ccccc12. The molecule has 3 aromatic rings. The molecule has 1 aromatic carbocycles. The Morgan fingerprint density at radius 2 is 2.13 bits per heavy atom. The van der Waals surface area contributed by atoms with Crippen LogP contribution in [0.5, 0.6) is 0 Å². The molecule has 3 rings (SSSR count). The van der Waals surface area contributed by atoms with Crippen LogP contribution in [-0.2, 0) is 0 Å². The lowest BCUT2D eigenvalue weighted by molar-refractivity contribution is 0.0782. The molecule has 0 spiro atoms. The molecule has 0 bridgehead atoms. The topological polar surface area (TPSA) is 87.7 Å². The summed E-state index contributed by atoms with van der Waals surface area (Å²) in [6.07, 6.45) is 0. The number of carbonyl (C=O) groups excluding carboxylic acids is 1. The molecule has 0 radical (unpaired) electrons. The molecule has 0 aliphatic rings. The molecule has 0 unspecified atom stereocenters. The predicted molar refractivity (Wildman–Crippen MR) is 86.0 cm³/mol. The molecule has 2 heterocycles. The third-order valence-corrected chi connectivity index (χ3v) is 3.84. The van der Waals surface area contributed by atoms with Crippen molar-refractivity contribution in [1.82, 2.24) is 30.5 Å². The fourth-order valence-corrected chi connectivity index (χ4v) is 2.61. The summed E-state index contributed by atoms with van der Waals surface area (Å²) < 4.78 is 0. The van der Waals surface area contributed by atoms with Crippen molar-refractivity contribution in [3.63, 3.8) is 0 Å². The summed E-state index contributed by atoms with van der Waals surface area (Å²) in [5, 5.41) is 14.9. The molecule has 0 aliphatic heterocycles. The van der Waals surface area contributed by atoms with Crippen molar-refractivity contribution in [2.45, 2.75) is 19.8 Å². The Morgan fingerprint density at radius 1 is 1.35 bits per heavy atom. The van der Waals surface area contributed by atoms with Gasteiger partial charge in [0.2, 0.25) is 0 Å². The van der Waals surface area contributed by atoms with Crippen LogP contribution >= 0.6 is 0 Å². The van der Waals surface area contributed by atoms with Gasteiger partial charge in [0.05, 0.1) is 5.52 Å². The van der Waals surface area contributed by atoms with Crippen LogP contribution in [0.3, 0.4) is 0 Å². The summed E-state index contributed by atoms with van der Waals surface area (Å²) >= 11 is 0. The van der Waals surface area contributed by atoms with E-state index in [0.29, 0.717) is 18.1 Å². The number of para-hydroxylation sites is 1. The molecular weight excluding hydrogens is 292 g/mol. The number of rotatable bonds is 4. The number of benzene rings is 1. The summed E-state index contributed by atoms with van der Waals surface area (Å²) in [5.41, 5.74) is 2.32. The lowest BCUT2D eigenvalue weighted by atomic mass is 10.1. The van der Waals surface area contributed by atoms with Crippen LogP contribution in [0.15, 0.2) is 30.3 Å². The van der Waals surface area contributed by atoms with E-state index in [1.165, 1.54) is 0 Å². The monoisotopic (exact) mass is 310 g/mol. The smallest absolute Gasteiger partial charge is 0.272 e. The normalized spacial score (nSPS) is 12.3. The van der Waals surface area contributed by atoms with Crippen molar-refractivity contribution in [2.75, 3.05) is 13.6 Å². The standard InChI is InChI=1S/C16H18N6O/c1-10-8-14(17-13-7-5-4-6-12(10)13)16(23)22(3)9-11(2)15-18-20-21-19-15/h4-8,11H,9H2,1-3H3,(H,18,19,20,21)/t11-/m1/s1. The largest absolute Gasteiger partial charge is 0.340 e. The maximum absolute atomic E-state index is 12.6. The van der Waals surface area contributed by atoms with E-state index < -0.39 is 0 Å². The van der Waals surface area contributed by atoms with E-state index in [0.717, 1.165) is 16.5 Å². The first-order valence-corrected chi connectivity index (χ1v) is 7.41. The number of aryl methyl sites for hydroxylation is 1. The number of aromatic nitrogens is 5. The van der Waals surface area contributed by atoms with Crippen molar-refractivity contribution in [3.8, 4) is 0 Å². The van der Waals surface area contributed by atoms with Crippen LogP contribution in [0.4, 0.5) is 0 Å². The van der Waals surface area contributed by atoms with Crippen molar-refractivity contribution in [1.29, 1.82) is 0 Å². The fourth-order valence-electron chi connectivity index (χ4n) is 2.61. The van der Waals surface area contributed by atoms with Gasteiger partial charge in [-0.2, -0.15) is 5.21 Å². The third kappa shape index (κ3) is 3.03. The predicted octanol–water partition coefficient (Wildman–Crippen LogP) is 1.93. The first-order valence-electron chi connectivity index (χ1n) is 7.41. The molecule has 1 atom stereocenters. The Labute approximate surface area is 133 Å². The highest BCUT2D eigenvalue weighted by Gasteiger charge is 2.19. The van der Waals surface area contributed by atoms with Gasteiger partial charge >= 0.3 is 0 Å². The second kappa shape index (κ2) is 6.12. The molecule has 0 saturated carbocycles. The van der Waals surface area contributed by atoms with Gasteiger partial charge in [0.1, 0.15) is 5.69 Å². The van der Waals surface area contributed by atoms with Gasteiger partial charge in [0.15, 0.2) is 5.82 Å². The first-order chi connectivity index (χ1) is 11.1. The Kier molecular flexibility index (Phi) is 4.01. The van der Waals surface area contributed by atoms with Gasteiger partial charge in [0, 0.05) is 24.9 Å². The van der Waals surface area contributed by atoms with E-state index in [1.54, 1.807) is 11.9 Å². The van der Waals surface area contributed by atoms with Gasteiger partial charge in [-0.05, 0) is 24.6 Å². The van der Waals surface area contributed by atoms with Gasteiger partial charge in [0.25, 0.3) is 5.91 Å². The van der Waals surface area contributed by atoms with Gasteiger partial charge in [-0.1, -0.05) is 30.3 Å². The Balaban J connectivity index is 1.82. The highest BCUT2D eigenvalue weighted by atomic mass is 16.2. The number of amides is 1. The lowest BCUT2D eigenvalue weighted by Crippen LogP contribution is -2.31. The molecular formula is C16H18N6O. The molecule has 7 nitrogen and oxygen atoms in total. The van der Waals surface area contributed by atoms with Gasteiger partial charge in [-0.25, -0.2) is 4.98 Å². The molecule has 7 heteroatoms. The fraction of sp³-hybridized carbons (Fsp3) is 0.312. The zero-order chi connectivity index (χ0) is 16.4. The maximum atomic E-state index is 12.6. The molecule has 0 fully saturated rings. The number of nitrogens with one attached hydrogen (secondary N) is 1. The minimum Gasteiger partial charge on any atom is -0.340 e. The van der Waals surface area contributed by atoms with E-state index in [4.69, 9.17) is 0 Å². The number of carbonyl (C=O) groups is 1. The molecule has 1 N–H and O–H groups in total. The van der Waals surface area contributed by atoms with Crippen LogP contribution in [0.2, 0.25) is 0 Å². The minimum atomic E-state index is -0.116. The van der Waals surface area contributed by atoms with Crippen molar-refractivity contribution < 1.29 is 4.79 Å². The Morgan fingerprint density at radius 3 is 2.87 bits per heavy atom. The van der Waals surface area contributed by atoms with Crippen LogP contribution in [-0.4, -0.2) is 50.0 Å². The van der Waals surface area contributed by atoms with Gasteiger partial charge in [-0.3, -0.25) is 4.79 Å².